The SMILES string of the molecule is CC(C)Sc1ccc(C(C)NC(=O)[C@H]2CNC[C@@H]2c2cnn(C)c2)cc1.Cl. The summed E-state index contributed by atoms with van der Waals surface area (Å²) in [5, 5.41) is 11.4. The molecular weight excluding hydrogens is 380 g/mol. The van der Waals surface area contributed by atoms with E-state index in [4.69, 9.17) is 0 Å². The molecule has 2 aromatic rings. The van der Waals surface area contributed by atoms with E-state index in [1.165, 1.54) is 4.90 Å². The largest absolute Gasteiger partial charge is 0.349 e. The first-order chi connectivity index (χ1) is 12.4. The van der Waals surface area contributed by atoms with Crippen LogP contribution in [0.15, 0.2) is 41.6 Å². The molecule has 0 radical (unpaired) electrons. The lowest BCUT2D eigenvalue weighted by Gasteiger charge is -2.21. The lowest BCUT2D eigenvalue weighted by molar-refractivity contribution is -0.125. The fourth-order valence-corrected chi connectivity index (χ4v) is 4.28. The topological polar surface area (TPSA) is 59.0 Å². The van der Waals surface area contributed by atoms with Crippen molar-refractivity contribution in [2.75, 3.05) is 13.1 Å². The van der Waals surface area contributed by atoms with E-state index in [-0.39, 0.29) is 36.2 Å². The lowest BCUT2D eigenvalue weighted by Crippen LogP contribution is -2.35. The van der Waals surface area contributed by atoms with Crippen LogP contribution in [-0.4, -0.2) is 34.0 Å². The first kappa shape index (κ1) is 21.8. The zero-order chi connectivity index (χ0) is 18.7. The maximum absolute atomic E-state index is 12.8. The highest BCUT2D eigenvalue weighted by Crippen LogP contribution is 2.29. The van der Waals surface area contributed by atoms with Crippen LogP contribution in [0.4, 0.5) is 0 Å². The van der Waals surface area contributed by atoms with Crippen LogP contribution in [0.3, 0.4) is 0 Å². The minimum absolute atomic E-state index is 0. The molecule has 1 aromatic carbocycles. The summed E-state index contributed by atoms with van der Waals surface area (Å²) in [6.45, 7) is 7.96. The van der Waals surface area contributed by atoms with Crippen molar-refractivity contribution in [1.29, 1.82) is 0 Å². The van der Waals surface area contributed by atoms with Gasteiger partial charge in [0.2, 0.25) is 5.91 Å². The summed E-state index contributed by atoms with van der Waals surface area (Å²) < 4.78 is 1.79. The molecule has 1 aliphatic heterocycles. The van der Waals surface area contributed by atoms with Gasteiger partial charge in [0.1, 0.15) is 0 Å². The number of rotatable bonds is 6. The summed E-state index contributed by atoms with van der Waals surface area (Å²) in [6.07, 6.45) is 3.87. The van der Waals surface area contributed by atoms with Crippen LogP contribution < -0.4 is 10.6 Å². The van der Waals surface area contributed by atoms with Crippen molar-refractivity contribution >= 4 is 30.1 Å². The number of benzene rings is 1. The number of aryl methyl sites for hydroxylation is 1. The number of nitrogens with zero attached hydrogens (tertiary/aromatic N) is 2. The van der Waals surface area contributed by atoms with E-state index in [0.717, 1.165) is 17.7 Å². The molecule has 0 aliphatic carbocycles. The molecule has 1 aliphatic rings. The Morgan fingerprint density at radius 2 is 1.96 bits per heavy atom. The summed E-state index contributed by atoms with van der Waals surface area (Å²) in [5.74, 6) is 0.232. The van der Waals surface area contributed by atoms with Gasteiger partial charge in [-0.15, -0.1) is 24.2 Å². The van der Waals surface area contributed by atoms with Crippen molar-refractivity contribution in [2.45, 2.75) is 42.9 Å². The standard InChI is InChI=1S/C20H28N4OS.ClH/c1-13(2)26-17-7-5-15(6-8-17)14(3)23-20(25)19-11-21-10-18(19)16-9-22-24(4)12-16;/h5-9,12-14,18-19,21H,10-11H2,1-4H3,(H,23,25);1H/t14?,18-,19+;/m1./s1. The average molecular weight is 409 g/mol. The van der Waals surface area contributed by atoms with Gasteiger partial charge in [-0.05, 0) is 30.2 Å². The summed E-state index contributed by atoms with van der Waals surface area (Å²) in [5.41, 5.74) is 2.26. The van der Waals surface area contributed by atoms with Crippen molar-refractivity contribution in [3.05, 3.63) is 47.8 Å². The third kappa shape index (κ3) is 5.50. The Kier molecular flexibility index (Phi) is 7.77. The van der Waals surface area contributed by atoms with Crippen molar-refractivity contribution < 1.29 is 4.79 Å². The average Bonchev–Trinajstić information content (AvgIpc) is 3.23. The molecule has 2 heterocycles. The molecule has 1 aromatic heterocycles. The Balaban J connectivity index is 0.00000261. The Morgan fingerprint density at radius 1 is 1.26 bits per heavy atom. The van der Waals surface area contributed by atoms with Crippen LogP contribution >= 0.6 is 24.2 Å². The highest BCUT2D eigenvalue weighted by molar-refractivity contribution is 7.99. The molecule has 0 saturated carbocycles. The van der Waals surface area contributed by atoms with Crippen LogP contribution in [0.25, 0.3) is 0 Å². The van der Waals surface area contributed by atoms with Crippen LogP contribution in [0.5, 0.6) is 0 Å². The third-order valence-electron chi connectivity index (χ3n) is 4.81. The molecule has 3 atom stereocenters. The summed E-state index contributed by atoms with van der Waals surface area (Å²) in [7, 11) is 1.91. The van der Waals surface area contributed by atoms with Gasteiger partial charge in [-0.3, -0.25) is 9.48 Å². The van der Waals surface area contributed by atoms with Gasteiger partial charge in [0.15, 0.2) is 0 Å². The van der Waals surface area contributed by atoms with E-state index < -0.39 is 0 Å². The van der Waals surface area contributed by atoms with Gasteiger partial charge >= 0.3 is 0 Å². The smallest absolute Gasteiger partial charge is 0.225 e. The quantitative estimate of drug-likeness (QED) is 0.718. The number of hydrogen-bond acceptors (Lipinski definition) is 4. The molecule has 148 valence electrons. The molecule has 1 saturated heterocycles. The predicted octanol–water partition coefficient (Wildman–Crippen LogP) is 3.52. The number of aromatic nitrogens is 2. The molecular formula is C20H29ClN4OS. The number of nitrogens with one attached hydrogen (secondary N) is 2. The molecule has 0 spiro atoms. The number of hydrogen-bond donors (Lipinski definition) is 2. The normalized spacial score (nSPS) is 20.3. The molecule has 3 rings (SSSR count). The molecule has 5 nitrogen and oxygen atoms in total. The van der Waals surface area contributed by atoms with E-state index in [2.05, 4.69) is 53.8 Å². The highest BCUT2D eigenvalue weighted by Gasteiger charge is 2.35. The van der Waals surface area contributed by atoms with Gasteiger partial charge in [-0.2, -0.15) is 5.10 Å². The first-order valence-corrected chi connectivity index (χ1v) is 10.1. The van der Waals surface area contributed by atoms with Gasteiger partial charge in [-0.1, -0.05) is 26.0 Å². The second-order valence-electron chi connectivity index (χ2n) is 7.28. The van der Waals surface area contributed by atoms with Crippen molar-refractivity contribution in [2.24, 2.45) is 13.0 Å². The third-order valence-corrected chi connectivity index (χ3v) is 5.83. The van der Waals surface area contributed by atoms with E-state index >= 15 is 0 Å². The number of thioether (sulfide) groups is 1. The molecule has 2 N–H and O–H groups in total. The van der Waals surface area contributed by atoms with Crippen molar-refractivity contribution in [3.63, 3.8) is 0 Å². The number of halogens is 1. The molecule has 1 fully saturated rings. The van der Waals surface area contributed by atoms with Gasteiger partial charge in [0.05, 0.1) is 18.2 Å². The van der Waals surface area contributed by atoms with Crippen LogP contribution in [-0.2, 0) is 11.8 Å². The summed E-state index contributed by atoms with van der Waals surface area (Å²) in [6, 6.07) is 8.49. The zero-order valence-corrected chi connectivity index (χ0v) is 17.9. The van der Waals surface area contributed by atoms with Gasteiger partial charge < -0.3 is 10.6 Å². The van der Waals surface area contributed by atoms with E-state index in [0.29, 0.717) is 11.8 Å². The molecule has 27 heavy (non-hydrogen) atoms. The molecule has 1 amide bonds. The fourth-order valence-electron chi connectivity index (χ4n) is 3.45. The predicted molar refractivity (Wildman–Crippen MR) is 114 cm³/mol. The van der Waals surface area contributed by atoms with Crippen molar-refractivity contribution in [1.82, 2.24) is 20.4 Å². The Labute approximate surface area is 172 Å². The summed E-state index contributed by atoms with van der Waals surface area (Å²) in [4.78, 5) is 14.1. The van der Waals surface area contributed by atoms with E-state index in [1.807, 2.05) is 38.1 Å². The minimum Gasteiger partial charge on any atom is -0.349 e. The zero-order valence-electron chi connectivity index (χ0n) is 16.3. The van der Waals surface area contributed by atoms with E-state index in [9.17, 15) is 4.79 Å². The first-order valence-electron chi connectivity index (χ1n) is 9.20. The lowest BCUT2D eigenvalue weighted by atomic mass is 9.90. The Hall–Kier alpha value is -1.50. The van der Waals surface area contributed by atoms with Crippen LogP contribution in [0.1, 0.15) is 43.9 Å². The number of carbonyl (C=O) groups excluding carboxylic acids is 1. The highest BCUT2D eigenvalue weighted by atomic mass is 35.5. The molecule has 7 heteroatoms. The molecule has 0 bridgehead atoms. The second-order valence-corrected chi connectivity index (χ2v) is 8.93. The van der Waals surface area contributed by atoms with Crippen LogP contribution in [0, 0.1) is 5.92 Å². The fraction of sp³-hybridized carbons (Fsp3) is 0.500. The molecule has 1 unspecified atom stereocenters. The van der Waals surface area contributed by atoms with Crippen LogP contribution in [0.2, 0.25) is 0 Å². The van der Waals surface area contributed by atoms with E-state index in [1.54, 1.807) is 4.68 Å². The Morgan fingerprint density at radius 3 is 2.56 bits per heavy atom. The Bertz CT molecular complexity index is 747. The maximum Gasteiger partial charge on any atom is 0.225 e. The number of carbonyl (C=O) groups is 1. The van der Waals surface area contributed by atoms with Gasteiger partial charge in [0.25, 0.3) is 0 Å². The second kappa shape index (κ2) is 9.62. The van der Waals surface area contributed by atoms with Gasteiger partial charge in [0, 0.05) is 42.4 Å². The summed E-state index contributed by atoms with van der Waals surface area (Å²) >= 11 is 1.85. The maximum atomic E-state index is 12.8. The number of amides is 1. The van der Waals surface area contributed by atoms with Crippen molar-refractivity contribution in [3.8, 4) is 0 Å². The minimum atomic E-state index is -0.0579. The monoisotopic (exact) mass is 408 g/mol. The van der Waals surface area contributed by atoms with Gasteiger partial charge in [-0.25, -0.2) is 0 Å².